The smallest absolute Gasteiger partial charge is 0.0104 e. The van der Waals surface area contributed by atoms with Crippen LogP contribution in [-0.2, 0) is 0 Å². The third-order valence-electron chi connectivity index (χ3n) is 8.28. The monoisotopic (exact) mass is 535 g/mol. The maximum absolute atomic E-state index is 4.15. The van der Waals surface area contributed by atoms with Crippen LogP contribution in [0, 0.1) is 17.3 Å². The van der Waals surface area contributed by atoms with Gasteiger partial charge in [-0.05, 0) is 68.4 Å². The van der Waals surface area contributed by atoms with Gasteiger partial charge in [-0.15, -0.1) is 11.6 Å². The zero-order valence-corrected chi connectivity index (χ0v) is 27.0. The standard InChI is InChI=1S/C40H55/c1-31(19-13-21-33(3)25-27-37-35(5)23-15-29-39(37,7)8)17-11-12-18-32(2)20-14-22-34(4)26-28-38-36(6)24-16-30-40(38,9)10/h11-14,17-22,25-28H,1,15-16,23-24,29-30H2,2-10H3/q-1/b17-11+,18-12+,19-13+,22-14+,27-25+,32-20+,33-21+,34-26+. The van der Waals surface area contributed by atoms with Crippen LogP contribution in [0.25, 0.3) is 0 Å². The highest BCUT2D eigenvalue weighted by molar-refractivity contribution is 5.39. The Bertz CT molecular complexity index is 1200. The second kappa shape index (κ2) is 15.7. The molecule has 0 bridgehead atoms. The maximum Gasteiger partial charge on any atom is -0.0104 e. The van der Waals surface area contributed by atoms with Crippen LogP contribution in [0.4, 0.5) is 0 Å². The molecule has 0 amide bonds. The van der Waals surface area contributed by atoms with E-state index in [1.54, 1.807) is 5.57 Å². The Hall–Kier alpha value is -2.99. The summed E-state index contributed by atoms with van der Waals surface area (Å²) in [5, 5.41) is 0. The van der Waals surface area contributed by atoms with Crippen molar-refractivity contribution in [1.82, 2.24) is 0 Å². The van der Waals surface area contributed by atoms with Crippen LogP contribution in [0.3, 0.4) is 0 Å². The van der Waals surface area contributed by atoms with Gasteiger partial charge in [0.2, 0.25) is 0 Å². The summed E-state index contributed by atoms with van der Waals surface area (Å²) in [5.74, 6) is 0. The molecule has 0 saturated heterocycles. The van der Waals surface area contributed by atoms with Crippen LogP contribution in [0.15, 0.2) is 130 Å². The van der Waals surface area contributed by atoms with Gasteiger partial charge >= 0.3 is 0 Å². The number of hydrogen-bond donors (Lipinski definition) is 0. The van der Waals surface area contributed by atoms with E-state index in [-0.39, 0.29) is 10.8 Å². The third kappa shape index (κ3) is 11.2. The van der Waals surface area contributed by atoms with Crippen LogP contribution in [0.1, 0.15) is 101 Å². The molecule has 0 aliphatic heterocycles. The molecule has 0 atom stereocenters. The summed E-state index contributed by atoms with van der Waals surface area (Å²) in [7, 11) is 0. The van der Waals surface area contributed by atoms with Gasteiger partial charge in [-0.3, -0.25) is 0 Å². The van der Waals surface area contributed by atoms with E-state index in [4.69, 9.17) is 0 Å². The van der Waals surface area contributed by atoms with E-state index in [2.05, 4.69) is 142 Å². The molecule has 0 fully saturated rings. The highest BCUT2D eigenvalue weighted by Gasteiger charge is 2.26. The minimum Gasteiger partial charge on any atom is -0.168 e. The fourth-order valence-electron chi connectivity index (χ4n) is 5.73. The lowest BCUT2D eigenvalue weighted by Gasteiger charge is -2.39. The minimum atomic E-state index is 0.281. The van der Waals surface area contributed by atoms with Gasteiger partial charge in [0.05, 0.1) is 0 Å². The molecule has 0 aromatic carbocycles. The molecule has 40 heavy (non-hydrogen) atoms. The maximum atomic E-state index is 4.15. The largest absolute Gasteiger partial charge is 0.168 e. The van der Waals surface area contributed by atoms with Crippen molar-refractivity contribution in [3.05, 3.63) is 137 Å². The number of allylic oxidation sites excluding steroid dienone is 21. The Morgan fingerprint density at radius 1 is 0.675 bits per heavy atom. The molecular weight excluding hydrogens is 480 g/mol. The Balaban J connectivity index is 1.84. The summed E-state index contributed by atoms with van der Waals surface area (Å²) >= 11 is 0. The fourth-order valence-corrected chi connectivity index (χ4v) is 5.73. The Labute approximate surface area is 247 Å². The van der Waals surface area contributed by atoms with Crippen molar-refractivity contribution in [2.24, 2.45) is 10.8 Å². The van der Waals surface area contributed by atoms with Gasteiger partial charge in [0.15, 0.2) is 0 Å². The van der Waals surface area contributed by atoms with Crippen molar-refractivity contribution in [2.45, 2.75) is 101 Å². The topological polar surface area (TPSA) is 0 Å². The van der Waals surface area contributed by atoms with Crippen LogP contribution >= 0.6 is 0 Å². The molecule has 2 rings (SSSR count). The number of hydrogen-bond acceptors (Lipinski definition) is 0. The summed E-state index contributed by atoms with van der Waals surface area (Å²) in [4.78, 5) is 0. The average Bonchev–Trinajstić information content (AvgIpc) is 2.85. The first-order chi connectivity index (χ1) is 18.8. The van der Waals surface area contributed by atoms with Gasteiger partial charge in [-0.2, -0.15) is 23.6 Å². The Morgan fingerprint density at radius 3 is 1.85 bits per heavy atom. The van der Waals surface area contributed by atoms with Gasteiger partial charge in [-0.25, -0.2) is 0 Å². The fraction of sp³-hybridized carbons (Fsp3) is 0.425. The van der Waals surface area contributed by atoms with Crippen molar-refractivity contribution in [1.29, 1.82) is 0 Å². The van der Waals surface area contributed by atoms with Crippen LogP contribution in [-0.4, -0.2) is 0 Å². The van der Waals surface area contributed by atoms with Gasteiger partial charge < -0.3 is 0 Å². The summed E-state index contributed by atoms with van der Waals surface area (Å²) in [6.07, 6.45) is 37.8. The van der Waals surface area contributed by atoms with E-state index in [1.807, 2.05) is 12.2 Å². The molecule has 0 spiro atoms. The first kappa shape index (κ1) is 33.2. The molecule has 0 saturated carbocycles. The van der Waals surface area contributed by atoms with E-state index >= 15 is 0 Å². The molecular formula is C40H55-. The molecule has 0 heterocycles. The summed E-state index contributed by atoms with van der Waals surface area (Å²) < 4.78 is 0. The molecule has 0 unspecified atom stereocenters. The van der Waals surface area contributed by atoms with Gasteiger partial charge in [0.1, 0.15) is 0 Å². The van der Waals surface area contributed by atoms with E-state index in [0.717, 1.165) is 5.57 Å². The molecule has 2 aliphatic carbocycles. The Morgan fingerprint density at radius 2 is 1.20 bits per heavy atom. The van der Waals surface area contributed by atoms with Crippen LogP contribution < -0.4 is 0 Å². The van der Waals surface area contributed by atoms with Crippen LogP contribution in [0.2, 0.25) is 0 Å². The van der Waals surface area contributed by atoms with E-state index in [0.29, 0.717) is 0 Å². The van der Waals surface area contributed by atoms with E-state index < -0.39 is 0 Å². The molecule has 0 heteroatoms. The van der Waals surface area contributed by atoms with Crippen molar-refractivity contribution < 1.29 is 0 Å². The molecule has 0 aromatic rings. The molecule has 0 N–H and O–H groups in total. The zero-order valence-electron chi connectivity index (χ0n) is 27.0. The van der Waals surface area contributed by atoms with Crippen molar-refractivity contribution >= 4 is 0 Å². The highest BCUT2D eigenvalue weighted by atomic mass is 14.3. The summed E-state index contributed by atoms with van der Waals surface area (Å²) in [6.45, 7) is 24.6. The second-order valence-electron chi connectivity index (χ2n) is 13.1. The molecule has 216 valence electrons. The Kier molecular flexibility index (Phi) is 13.0. The minimum absolute atomic E-state index is 0.281. The van der Waals surface area contributed by atoms with E-state index in [9.17, 15) is 0 Å². The number of rotatable bonds is 11. The van der Waals surface area contributed by atoms with Gasteiger partial charge in [0.25, 0.3) is 0 Å². The molecule has 2 aliphatic rings. The normalized spacial score (nSPS) is 21.3. The predicted octanol–water partition coefficient (Wildman–Crippen LogP) is 12.4. The first-order valence-electron chi connectivity index (χ1n) is 15.2. The molecule has 0 nitrogen and oxygen atoms in total. The highest BCUT2D eigenvalue weighted by Crippen LogP contribution is 2.42. The molecule has 0 aromatic heterocycles. The van der Waals surface area contributed by atoms with Crippen molar-refractivity contribution in [3.63, 3.8) is 0 Å². The lowest BCUT2D eigenvalue weighted by molar-refractivity contribution is 0.373. The average molecular weight is 536 g/mol. The van der Waals surface area contributed by atoms with Gasteiger partial charge in [0, 0.05) is 0 Å². The first-order valence-corrected chi connectivity index (χ1v) is 15.2. The van der Waals surface area contributed by atoms with E-state index in [1.165, 1.54) is 72.0 Å². The molecule has 0 radical (unpaired) electrons. The predicted molar refractivity (Wildman–Crippen MR) is 181 cm³/mol. The lowest BCUT2D eigenvalue weighted by Crippen LogP contribution is -2.20. The summed E-state index contributed by atoms with van der Waals surface area (Å²) in [6, 6.07) is 0. The van der Waals surface area contributed by atoms with Gasteiger partial charge in [-0.1, -0.05) is 145 Å². The third-order valence-corrected chi connectivity index (χ3v) is 8.28. The van der Waals surface area contributed by atoms with Crippen LogP contribution in [0.5, 0.6) is 0 Å². The second-order valence-corrected chi connectivity index (χ2v) is 13.1. The van der Waals surface area contributed by atoms with Crippen molar-refractivity contribution in [3.8, 4) is 0 Å². The SMILES string of the molecule is C=C(/C=C/C=C/C(C)=C/C=C/C(C)=C/[CH-]C1=C(C)CCCC1(C)C)/C=C/C=C(C)/C=C/C1=C(C)CCCC1(C)C. The summed E-state index contributed by atoms with van der Waals surface area (Å²) in [5.41, 5.74) is 11.4. The zero-order chi connectivity index (χ0) is 29.8. The lowest BCUT2D eigenvalue weighted by atomic mass is 9.71. The quantitative estimate of drug-likeness (QED) is 0.182. The van der Waals surface area contributed by atoms with Crippen molar-refractivity contribution in [2.75, 3.05) is 0 Å².